The van der Waals surface area contributed by atoms with Gasteiger partial charge in [-0.2, -0.15) is 0 Å². The SMILES string of the molecule is CCCCc1ccc(C(C)NCCCOCCC)cc1. The lowest BCUT2D eigenvalue weighted by Gasteiger charge is -2.15. The van der Waals surface area contributed by atoms with Crippen molar-refractivity contribution in [1.82, 2.24) is 5.32 Å². The van der Waals surface area contributed by atoms with E-state index in [0.29, 0.717) is 6.04 Å². The maximum absolute atomic E-state index is 5.48. The first-order chi connectivity index (χ1) is 9.77. The van der Waals surface area contributed by atoms with Gasteiger partial charge < -0.3 is 10.1 Å². The molecule has 1 rings (SSSR count). The van der Waals surface area contributed by atoms with E-state index in [0.717, 1.165) is 32.6 Å². The Hall–Kier alpha value is -0.860. The fourth-order valence-corrected chi connectivity index (χ4v) is 2.21. The van der Waals surface area contributed by atoms with Crippen LogP contribution >= 0.6 is 0 Å². The van der Waals surface area contributed by atoms with Crippen molar-refractivity contribution in [3.63, 3.8) is 0 Å². The minimum absolute atomic E-state index is 0.418. The van der Waals surface area contributed by atoms with E-state index in [2.05, 4.69) is 50.4 Å². The van der Waals surface area contributed by atoms with Crippen molar-refractivity contribution in [3.05, 3.63) is 35.4 Å². The van der Waals surface area contributed by atoms with Gasteiger partial charge in [-0.25, -0.2) is 0 Å². The molecule has 1 aromatic carbocycles. The van der Waals surface area contributed by atoms with Crippen molar-refractivity contribution >= 4 is 0 Å². The van der Waals surface area contributed by atoms with Gasteiger partial charge >= 0.3 is 0 Å². The zero-order valence-electron chi connectivity index (χ0n) is 13.5. The lowest BCUT2D eigenvalue weighted by molar-refractivity contribution is 0.132. The highest BCUT2D eigenvalue weighted by Gasteiger charge is 2.04. The summed E-state index contributed by atoms with van der Waals surface area (Å²) in [6, 6.07) is 9.48. The molecule has 2 heteroatoms. The zero-order valence-corrected chi connectivity index (χ0v) is 13.5. The molecule has 0 amide bonds. The number of ether oxygens (including phenoxy) is 1. The van der Waals surface area contributed by atoms with E-state index in [4.69, 9.17) is 4.74 Å². The van der Waals surface area contributed by atoms with Crippen LogP contribution in [0.5, 0.6) is 0 Å². The molecule has 0 aliphatic rings. The van der Waals surface area contributed by atoms with Crippen LogP contribution in [0.2, 0.25) is 0 Å². The van der Waals surface area contributed by atoms with Crippen LogP contribution in [0.25, 0.3) is 0 Å². The zero-order chi connectivity index (χ0) is 14.6. The van der Waals surface area contributed by atoms with Crippen LogP contribution in [-0.2, 0) is 11.2 Å². The van der Waals surface area contributed by atoms with Gasteiger partial charge in [0.05, 0.1) is 0 Å². The summed E-state index contributed by atoms with van der Waals surface area (Å²) < 4.78 is 5.48. The molecule has 0 aliphatic heterocycles. The number of aryl methyl sites for hydroxylation is 1. The number of benzene rings is 1. The van der Waals surface area contributed by atoms with Crippen LogP contribution in [0.1, 0.15) is 63.6 Å². The summed E-state index contributed by atoms with van der Waals surface area (Å²) in [5.41, 5.74) is 2.83. The van der Waals surface area contributed by atoms with E-state index in [1.54, 1.807) is 0 Å². The largest absolute Gasteiger partial charge is 0.381 e. The van der Waals surface area contributed by atoms with Crippen molar-refractivity contribution < 1.29 is 4.74 Å². The standard InChI is InChI=1S/C18H31NO/c1-4-6-8-17-9-11-18(12-10-17)16(3)19-13-7-15-20-14-5-2/h9-12,16,19H,4-8,13-15H2,1-3H3. The Morgan fingerprint density at radius 1 is 1.00 bits per heavy atom. The fourth-order valence-electron chi connectivity index (χ4n) is 2.21. The van der Waals surface area contributed by atoms with E-state index < -0.39 is 0 Å². The molecule has 1 atom stereocenters. The normalized spacial score (nSPS) is 12.6. The minimum Gasteiger partial charge on any atom is -0.381 e. The number of hydrogen-bond donors (Lipinski definition) is 1. The molecule has 0 fully saturated rings. The molecule has 0 heterocycles. The number of unbranched alkanes of at least 4 members (excludes halogenated alkanes) is 1. The van der Waals surface area contributed by atoms with Gasteiger partial charge in [0.15, 0.2) is 0 Å². The third-order valence-electron chi connectivity index (χ3n) is 3.56. The lowest BCUT2D eigenvalue weighted by Crippen LogP contribution is -2.21. The number of nitrogens with one attached hydrogen (secondary N) is 1. The molecule has 0 spiro atoms. The summed E-state index contributed by atoms with van der Waals surface area (Å²) in [7, 11) is 0. The summed E-state index contributed by atoms with van der Waals surface area (Å²) in [5.74, 6) is 0. The molecule has 0 saturated heterocycles. The highest BCUT2D eigenvalue weighted by Crippen LogP contribution is 2.14. The summed E-state index contributed by atoms with van der Waals surface area (Å²) in [4.78, 5) is 0. The molecule has 0 saturated carbocycles. The van der Waals surface area contributed by atoms with Crippen molar-refractivity contribution in [2.75, 3.05) is 19.8 Å². The van der Waals surface area contributed by atoms with Gasteiger partial charge in [-0.05, 0) is 50.3 Å². The van der Waals surface area contributed by atoms with Crippen molar-refractivity contribution in [2.24, 2.45) is 0 Å². The second-order valence-electron chi connectivity index (χ2n) is 5.49. The van der Waals surface area contributed by atoms with Crippen LogP contribution in [0.4, 0.5) is 0 Å². The summed E-state index contributed by atoms with van der Waals surface area (Å²) in [6.07, 6.45) is 5.94. The van der Waals surface area contributed by atoms with Gasteiger partial charge in [0.25, 0.3) is 0 Å². The quantitative estimate of drug-likeness (QED) is 0.601. The van der Waals surface area contributed by atoms with Crippen LogP contribution in [0, 0.1) is 0 Å². The molecule has 0 aromatic heterocycles. The molecule has 20 heavy (non-hydrogen) atoms. The number of rotatable bonds is 11. The second kappa shape index (κ2) is 10.9. The van der Waals surface area contributed by atoms with E-state index >= 15 is 0 Å². The van der Waals surface area contributed by atoms with E-state index in [-0.39, 0.29) is 0 Å². The first-order valence-corrected chi connectivity index (χ1v) is 8.17. The molecule has 2 nitrogen and oxygen atoms in total. The summed E-state index contributed by atoms with van der Waals surface area (Å²) >= 11 is 0. The van der Waals surface area contributed by atoms with Crippen LogP contribution in [0.3, 0.4) is 0 Å². The van der Waals surface area contributed by atoms with Crippen molar-refractivity contribution in [3.8, 4) is 0 Å². The Morgan fingerprint density at radius 3 is 2.40 bits per heavy atom. The van der Waals surface area contributed by atoms with Gasteiger partial charge in [-0.1, -0.05) is 44.5 Å². The first kappa shape index (κ1) is 17.2. The predicted molar refractivity (Wildman–Crippen MR) is 87.2 cm³/mol. The Kier molecular flexibility index (Phi) is 9.35. The number of hydrogen-bond acceptors (Lipinski definition) is 2. The second-order valence-corrected chi connectivity index (χ2v) is 5.49. The fraction of sp³-hybridized carbons (Fsp3) is 0.667. The third-order valence-corrected chi connectivity index (χ3v) is 3.56. The monoisotopic (exact) mass is 277 g/mol. The van der Waals surface area contributed by atoms with Gasteiger partial charge in [0, 0.05) is 19.3 Å². The topological polar surface area (TPSA) is 21.3 Å². The van der Waals surface area contributed by atoms with Gasteiger partial charge in [-0.3, -0.25) is 0 Å². The molecule has 0 aliphatic carbocycles. The van der Waals surface area contributed by atoms with Crippen molar-refractivity contribution in [1.29, 1.82) is 0 Å². The van der Waals surface area contributed by atoms with E-state index in [1.807, 2.05) is 0 Å². The van der Waals surface area contributed by atoms with Crippen LogP contribution < -0.4 is 5.32 Å². The molecule has 1 N–H and O–H groups in total. The third kappa shape index (κ3) is 7.06. The Bertz CT molecular complexity index is 334. The lowest BCUT2D eigenvalue weighted by atomic mass is 10.0. The maximum atomic E-state index is 5.48. The predicted octanol–water partition coefficient (Wildman–Crippen LogP) is 4.50. The Labute approximate surface area is 124 Å². The van der Waals surface area contributed by atoms with Gasteiger partial charge in [0.2, 0.25) is 0 Å². The molecular weight excluding hydrogens is 246 g/mol. The highest BCUT2D eigenvalue weighted by molar-refractivity contribution is 5.24. The van der Waals surface area contributed by atoms with Crippen LogP contribution in [0.15, 0.2) is 24.3 Å². The maximum Gasteiger partial charge on any atom is 0.0478 e. The Balaban J connectivity index is 2.23. The highest BCUT2D eigenvalue weighted by atomic mass is 16.5. The minimum atomic E-state index is 0.418. The van der Waals surface area contributed by atoms with E-state index in [1.165, 1.54) is 30.4 Å². The van der Waals surface area contributed by atoms with Gasteiger partial charge in [-0.15, -0.1) is 0 Å². The Morgan fingerprint density at radius 2 is 1.75 bits per heavy atom. The molecule has 114 valence electrons. The average Bonchev–Trinajstić information content (AvgIpc) is 2.49. The average molecular weight is 277 g/mol. The molecule has 1 unspecified atom stereocenters. The molecule has 0 bridgehead atoms. The van der Waals surface area contributed by atoms with Crippen LogP contribution in [-0.4, -0.2) is 19.8 Å². The molecular formula is C18H31NO. The smallest absolute Gasteiger partial charge is 0.0478 e. The van der Waals surface area contributed by atoms with Crippen molar-refractivity contribution in [2.45, 2.75) is 58.9 Å². The van der Waals surface area contributed by atoms with Gasteiger partial charge in [0.1, 0.15) is 0 Å². The summed E-state index contributed by atoms with van der Waals surface area (Å²) in [5, 5.41) is 3.56. The molecule has 1 aromatic rings. The van der Waals surface area contributed by atoms with E-state index in [9.17, 15) is 0 Å². The molecule has 0 radical (unpaired) electrons. The first-order valence-electron chi connectivity index (χ1n) is 8.17. The summed E-state index contributed by atoms with van der Waals surface area (Å²) in [6.45, 7) is 9.38.